The van der Waals surface area contributed by atoms with Gasteiger partial charge in [0.15, 0.2) is 20.7 Å². The Morgan fingerprint density at radius 2 is 1.92 bits per heavy atom. The van der Waals surface area contributed by atoms with Crippen LogP contribution in [0.15, 0.2) is 21.9 Å². The number of ether oxygens (including phenoxy) is 1. The van der Waals surface area contributed by atoms with Crippen LogP contribution < -0.4 is 11.2 Å². The molecule has 1 aromatic heterocycles. The Hall–Kier alpha value is -1.33. The number of hydrogen-bond donors (Lipinski definition) is 3. The summed E-state index contributed by atoms with van der Waals surface area (Å²) >= 11 is 0. The number of aliphatic hydroxyl groups is 2. The summed E-state index contributed by atoms with van der Waals surface area (Å²) in [6.45, 7) is 8.40. The molecule has 0 aliphatic carbocycles. The number of rotatable bonds is 5. The molecule has 3 N–H and O–H groups in total. The first kappa shape index (κ1) is 21.0. The average Bonchev–Trinajstić information content (AvgIpc) is 2.80. The third kappa shape index (κ3) is 3.56. The highest BCUT2D eigenvalue weighted by Crippen LogP contribution is 2.45. The van der Waals surface area contributed by atoms with Crippen molar-refractivity contribution in [2.24, 2.45) is 0 Å². The topological polar surface area (TPSA) is 114 Å². The number of nitrogens with one attached hydrogen (secondary N) is 1. The highest BCUT2D eigenvalue weighted by atomic mass is 28.4. The van der Waals surface area contributed by atoms with Gasteiger partial charge in [0.2, 0.25) is 0 Å². The summed E-state index contributed by atoms with van der Waals surface area (Å²) in [5.74, 6) is 0. The Morgan fingerprint density at radius 3 is 2.38 bits per heavy atom. The molecule has 1 saturated heterocycles. The SMILES string of the molecule is CC(C)(C)[Si](C)(C)O[C@@H]1C(F)C(n2ccc(=O)[nH]c2=O)OC1(CO)CO. The number of aliphatic hydroxyl groups excluding tert-OH is 2. The Kier molecular flexibility index (Phi) is 5.65. The summed E-state index contributed by atoms with van der Waals surface area (Å²) in [6.07, 6.45) is -3.41. The molecule has 0 radical (unpaired) electrons. The monoisotopic (exact) mass is 390 g/mol. The van der Waals surface area contributed by atoms with E-state index in [9.17, 15) is 19.8 Å². The fourth-order valence-electron chi connectivity index (χ4n) is 2.62. The van der Waals surface area contributed by atoms with E-state index < -0.39 is 56.9 Å². The van der Waals surface area contributed by atoms with E-state index in [0.29, 0.717) is 0 Å². The maximum atomic E-state index is 15.3. The molecule has 0 spiro atoms. The lowest BCUT2D eigenvalue weighted by molar-refractivity contribution is -0.148. The molecule has 1 aliphatic rings. The predicted molar refractivity (Wildman–Crippen MR) is 95.3 cm³/mol. The van der Waals surface area contributed by atoms with Crippen LogP contribution in [0, 0.1) is 0 Å². The van der Waals surface area contributed by atoms with Gasteiger partial charge in [0.05, 0.1) is 13.2 Å². The van der Waals surface area contributed by atoms with Gasteiger partial charge in [-0.2, -0.15) is 0 Å². The summed E-state index contributed by atoms with van der Waals surface area (Å²) in [5, 5.41) is 19.4. The fraction of sp³-hybridized carbons (Fsp3) is 0.750. The van der Waals surface area contributed by atoms with Crippen LogP contribution in [0.1, 0.15) is 27.0 Å². The minimum Gasteiger partial charge on any atom is -0.408 e. The Balaban J connectivity index is 2.46. The van der Waals surface area contributed by atoms with E-state index in [4.69, 9.17) is 9.16 Å². The zero-order valence-corrected chi connectivity index (χ0v) is 16.7. The first-order chi connectivity index (χ1) is 11.9. The lowest BCUT2D eigenvalue weighted by Gasteiger charge is -2.42. The molecule has 1 aromatic rings. The van der Waals surface area contributed by atoms with Crippen LogP contribution in [0.3, 0.4) is 0 Å². The molecule has 1 fully saturated rings. The molecular weight excluding hydrogens is 363 g/mol. The molecule has 2 heterocycles. The van der Waals surface area contributed by atoms with Crippen LogP contribution in [0.2, 0.25) is 18.1 Å². The number of hydrogen-bond acceptors (Lipinski definition) is 6. The number of halogens is 1. The van der Waals surface area contributed by atoms with Gasteiger partial charge < -0.3 is 19.4 Å². The van der Waals surface area contributed by atoms with Crippen molar-refractivity contribution < 1.29 is 23.8 Å². The Morgan fingerprint density at radius 1 is 1.35 bits per heavy atom. The van der Waals surface area contributed by atoms with E-state index in [1.807, 2.05) is 38.8 Å². The molecule has 2 rings (SSSR count). The first-order valence-electron chi connectivity index (χ1n) is 8.41. The van der Waals surface area contributed by atoms with Crippen LogP contribution in [0.4, 0.5) is 4.39 Å². The van der Waals surface area contributed by atoms with Gasteiger partial charge >= 0.3 is 5.69 Å². The molecule has 8 nitrogen and oxygen atoms in total. The van der Waals surface area contributed by atoms with E-state index in [2.05, 4.69) is 0 Å². The smallest absolute Gasteiger partial charge is 0.330 e. The molecule has 0 bridgehead atoms. The summed E-state index contributed by atoms with van der Waals surface area (Å²) in [5.41, 5.74) is -3.16. The highest BCUT2D eigenvalue weighted by Gasteiger charge is 2.59. The molecule has 26 heavy (non-hydrogen) atoms. The van der Waals surface area contributed by atoms with Crippen molar-refractivity contribution in [2.75, 3.05) is 13.2 Å². The van der Waals surface area contributed by atoms with Gasteiger partial charge in [0.1, 0.15) is 11.7 Å². The molecule has 10 heteroatoms. The standard InChI is InChI=1S/C16H27FN2O6Si/c1-15(2,3)26(4,5)25-12-11(17)13(24-16(12,8-20)9-21)19-7-6-10(22)18-14(19)23/h6-7,11-13,20-21H,8-9H2,1-5H3,(H,18,22,23)/t11?,12-,13?/m1/s1. The van der Waals surface area contributed by atoms with E-state index in [0.717, 1.165) is 16.8 Å². The molecule has 148 valence electrons. The van der Waals surface area contributed by atoms with E-state index in [-0.39, 0.29) is 5.04 Å². The molecule has 2 unspecified atom stereocenters. The minimum atomic E-state index is -2.47. The van der Waals surface area contributed by atoms with Gasteiger partial charge in [-0.25, -0.2) is 9.18 Å². The molecule has 0 amide bonds. The van der Waals surface area contributed by atoms with E-state index in [1.54, 1.807) is 0 Å². The normalized spacial score (nSPS) is 26.2. The van der Waals surface area contributed by atoms with Crippen molar-refractivity contribution in [3.05, 3.63) is 33.1 Å². The number of H-pyrrole nitrogens is 1. The Labute approximate surface area is 151 Å². The maximum Gasteiger partial charge on any atom is 0.330 e. The molecular formula is C16H27FN2O6Si. The fourth-order valence-corrected chi connectivity index (χ4v) is 3.95. The third-order valence-electron chi connectivity index (χ3n) is 5.32. The molecule has 0 saturated carbocycles. The number of alkyl halides is 1. The largest absolute Gasteiger partial charge is 0.408 e. The number of nitrogens with zero attached hydrogens (tertiary/aromatic N) is 1. The summed E-state index contributed by atoms with van der Waals surface area (Å²) < 4.78 is 27.9. The van der Waals surface area contributed by atoms with E-state index in [1.165, 1.54) is 0 Å². The third-order valence-corrected chi connectivity index (χ3v) is 9.78. The zero-order valence-electron chi connectivity index (χ0n) is 15.7. The van der Waals surface area contributed by atoms with Crippen molar-refractivity contribution >= 4 is 8.32 Å². The quantitative estimate of drug-likeness (QED) is 0.632. The van der Waals surface area contributed by atoms with Crippen molar-refractivity contribution in [2.45, 2.75) is 63.0 Å². The predicted octanol–water partition coefficient (Wildman–Crippen LogP) is 0.517. The van der Waals surface area contributed by atoms with Crippen molar-refractivity contribution in [3.8, 4) is 0 Å². The van der Waals surface area contributed by atoms with Crippen LogP contribution in [-0.2, 0) is 9.16 Å². The van der Waals surface area contributed by atoms with Gasteiger partial charge in [-0.1, -0.05) is 20.8 Å². The second-order valence-corrected chi connectivity index (χ2v) is 12.9. The van der Waals surface area contributed by atoms with Gasteiger partial charge in [0.25, 0.3) is 5.56 Å². The molecule has 0 aromatic carbocycles. The van der Waals surface area contributed by atoms with E-state index >= 15 is 4.39 Å². The zero-order chi connectivity index (χ0) is 19.9. The van der Waals surface area contributed by atoms with Gasteiger partial charge in [-0.3, -0.25) is 14.3 Å². The maximum absolute atomic E-state index is 15.3. The highest BCUT2D eigenvalue weighted by molar-refractivity contribution is 6.74. The van der Waals surface area contributed by atoms with Crippen LogP contribution in [0.5, 0.6) is 0 Å². The van der Waals surface area contributed by atoms with Gasteiger partial charge in [-0.15, -0.1) is 0 Å². The van der Waals surface area contributed by atoms with Crippen LogP contribution >= 0.6 is 0 Å². The first-order valence-corrected chi connectivity index (χ1v) is 11.3. The van der Waals surface area contributed by atoms with Crippen molar-refractivity contribution in [3.63, 3.8) is 0 Å². The van der Waals surface area contributed by atoms with Gasteiger partial charge in [-0.05, 0) is 18.1 Å². The second kappa shape index (κ2) is 7.00. The lowest BCUT2D eigenvalue weighted by Crippen LogP contribution is -2.56. The van der Waals surface area contributed by atoms with Crippen molar-refractivity contribution in [1.82, 2.24) is 9.55 Å². The average molecular weight is 390 g/mol. The molecule has 3 atom stereocenters. The summed E-state index contributed by atoms with van der Waals surface area (Å²) in [7, 11) is -2.47. The summed E-state index contributed by atoms with van der Waals surface area (Å²) in [6, 6.07) is 1.07. The number of aromatic amines is 1. The van der Waals surface area contributed by atoms with Crippen LogP contribution in [-0.4, -0.2) is 59.2 Å². The lowest BCUT2D eigenvalue weighted by atomic mass is 9.98. The van der Waals surface area contributed by atoms with Gasteiger partial charge in [0, 0.05) is 12.3 Å². The van der Waals surface area contributed by atoms with Crippen LogP contribution in [0.25, 0.3) is 0 Å². The Bertz CT molecular complexity index is 752. The molecule has 1 aliphatic heterocycles. The van der Waals surface area contributed by atoms with Crippen molar-refractivity contribution in [1.29, 1.82) is 0 Å². The minimum absolute atomic E-state index is 0.240. The second-order valence-electron chi connectivity index (χ2n) is 8.15. The summed E-state index contributed by atoms with van der Waals surface area (Å²) in [4.78, 5) is 25.3. The number of aromatic nitrogens is 2.